The lowest BCUT2D eigenvalue weighted by atomic mass is 10.1. The molecule has 1 aliphatic heterocycles. The zero-order chi connectivity index (χ0) is 14.0. The van der Waals surface area contributed by atoms with Gasteiger partial charge in [-0.05, 0) is 51.1 Å². The molecule has 0 aliphatic carbocycles. The van der Waals surface area contributed by atoms with E-state index in [2.05, 4.69) is 58.0 Å². The summed E-state index contributed by atoms with van der Waals surface area (Å²) in [6.07, 6.45) is 2.63. The summed E-state index contributed by atoms with van der Waals surface area (Å²) < 4.78 is 1.10. The molecule has 2 atom stereocenters. The van der Waals surface area contributed by atoms with E-state index in [1.807, 2.05) is 6.92 Å². The maximum absolute atomic E-state index is 5.94. The number of rotatable bonds is 4. The van der Waals surface area contributed by atoms with Crippen LogP contribution in [0, 0.1) is 0 Å². The van der Waals surface area contributed by atoms with Gasteiger partial charge in [-0.1, -0.05) is 22.0 Å². The smallest absolute Gasteiger partial charge is 0.0375 e. The zero-order valence-corrected chi connectivity index (χ0v) is 13.7. The van der Waals surface area contributed by atoms with E-state index in [0.29, 0.717) is 6.04 Å². The Morgan fingerprint density at radius 1 is 1.53 bits per heavy atom. The van der Waals surface area contributed by atoms with Crippen molar-refractivity contribution >= 4 is 21.6 Å². The van der Waals surface area contributed by atoms with Gasteiger partial charge in [-0.15, -0.1) is 0 Å². The summed E-state index contributed by atoms with van der Waals surface area (Å²) in [4.78, 5) is 4.80. The van der Waals surface area contributed by atoms with E-state index in [0.717, 1.165) is 16.6 Å². The minimum atomic E-state index is 0.0645. The second-order valence-corrected chi connectivity index (χ2v) is 6.51. The van der Waals surface area contributed by atoms with Crippen molar-refractivity contribution in [2.75, 3.05) is 32.1 Å². The van der Waals surface area contributed by atoms with Gasteiger partial charge in [-0.2, -0.15) is 0 Å². The van der Waals surface area contributed by atoms with Crippen molar-refractivity contribution in [1.82, 2.24) is 4.90 Å². The second kappa shape index (κ2) is 6.25. The molecule has 3 nitrogen and oxygen atoms in total. The van der Waals surface area contributed by atoms with Gasteiger partial charge in [0.15, 0.2) is 0 Å². The SMILES string of the molecule is C[C@H](N)c1ccc(N(C)CC2CCCN2C)cc1Br. The van der Waals surface area contributed by atoms with Gasteiger partial charge in [0.25, 0.3) is 0 Å². The molecular formula is C15H24BrN3. The molecule has 106 valence electrons. The summed E-state index contributed by atoms with van der Waals surface area (Å²) in [7, 11) is 4.39. The Labute approximate surface area is 124 Å². The number of benzene rings is 1. The van der Waals surface area contributed by atoms with Crippen LogP contribution in [0.25, 0.3) is 0 Å². The molecule has 2 N–H and O–H groups in total. The highest BCUT2D eigenvalue weighted by molar-refractivity contribution is 9.10. The lowest BCUT2D eigenvalue weighted by molar-refractivity contribution is 0.314. The van der Waals surface area contributed by atoms with Crippen LogP contribution in [0.5, 0.6) is 0 Å². The Bertz CT molecular complexity index is 433. The number of nitrogens with zero attached hydrogens (tertiary/aromatic N) is 2. The highest BCUT2D eigenvalue weighted by Gasteiger charge is 2.22. The summed E-state index contributed by atoms with van der Waals surface area (Å²) in [5.74, 6) is 0. The first kappa shape index (κ1) is 14.8. The van der Waals surface area contributed by atoms with Crippen molar-refractivity contribution in [3.63, 3.8) is 0 Å². The second-order valence-electron chi connectivity index (χ2n) is 5.65. The molecular weight excluding hydrogens is 302 g/mol. The van der Waals surface area contributed by atoms with Crippen molar-refractivity contribution in [3.8, 4) is 0 Å². The van der Waals surface area contributed by atoms with Crippen LogP contribution in [0.4, 0.5) is 5.69 Å². The largest absolute Gasteiger partial charge is 0.373 e. The summed E-state index contributed by atoms with van der Waals surface area (Å²) in [5.41, 5.74) is 8.35. The van der Waals surface area contributed by atoms with Crippen LogP contribution >= 0.6 is 15.9 Å². The number of nitrogens with two attached hydrogens (primary N) is 1. The fourth-order valence-corrected chi connectivity index (χ4v) is 3.48. The Kier molecular flexibility index (Phi) is 4.87. The Morgan fingerprint density at radius 2 is 2.26 bits per heavy atom. The van der Waals surface area contributed by atoms with Crippen LogP contribution in [-0.2, 0) is 0 Å². The van der Waals surface area contributed by atoms with Crippen LogP contribution in [-0.4, -0.2) is 38.1 Å². The molecule has 1 unspecified atom stereocenters. The fourth-order valence-electron chi connectivity index (χ4n) is 2.75. The van der Waals surface area contributed by atoms with E-state index in [9.17, 15) is 0 Å². The minimum absolute atomic E-state index is 0.0645. The number of hydrogen-bond donors (Lipinski definition) is 1. The number of likely N-dealkylation sites (tertiary alicyclic amines) is 1. The molecule has 0 saturated carbocycles. The van der Waals surface area contributed by atoms with Gasteiger partial charge in [0, 0.05) is 35.8 Å². The molecule has 1 heterocycles. The highest BCUT2D eigenvalue weighted by atomic mass is 79.9. The molecule has 0 bridgehead atoms. The van der Waals surface area contributed by atoms with Gasteiger partial charge < -0.3 is 15.5 Å². The Morgan fingerprint density at radius 3 is 2.79 bits per heavy atom. The summed E-state index contributed by atoms with van der Waals surface area (Å²) >= 11 is 3.62. The summed E-state index contributed by atoms with van der Waals surface area (Å²) in [6, 6.07) is 7.21. The lowest BCUT2D eigenvalue weighted by Gasteiger charge is -2.27. The van der Waals surface area contributed by atoms with E-state index < -0.39 is 0 Å². The normalized spacial score (nSPS) is 21.6. The third kappa shape index (κ3) is 3.50. The maximum atomic E-state index is 5.94. The fraction of sp³-hybridized carbons (Fsp3) is 0.600. The average Bonchev–Trinajstić information content (AvgIpc) is 2.74. The number of anilines is 1. The van der Waals surface area contributed by atoms with E-state index in [1.54, 1.807) is 0 Å². The molecule has 0 amide bonds. The van der Waals surface area contributed by atoms with Crippen LogP contribution in [0.15, 0.2) is 22.7 Å². The molecule has 1 fully saturated rings. The van der Waals surface area contributed by atoms with E-state index in [4.69, 9.17) is 5.73 Å². The number of hydrogen-bond acceptors (Lipinski definition) is 3. The zero-order valence-electron chi connectivity index (χ0n) is 12.1. The van der Waals surface area contributed by atoms with Gasteiger partial charge in [-0.3, -0.25) is 0 Å². The van der Waals surface area contributed by atoms with Gasteiger partial charge in [0.2, 0.25) is 0 Å². The third-order valence-corrected chi connectivity index (χ3v) is 4.76. The topological polar surface area (TPSA) is 32.5 Å². The van der Waals surface area contributed by atoms with Gasteiger partial charge in [-0.25, -0.2) is 0 Å². The first-order valence-electron chi connectivity index (χ1n) is 6.95. The van der Waals surface area contributed by atoms with Crippen molar-refractivity contribution in [2.24, 2.45) is 5.73 Å². The van der Waals surface area contributed by atoms with Gasteiger partial charge >= 0.3 is 0 Å². The monoisotopic (exact) mass is 325 g/mol. The Balaban J connectivity index is 2.07. The van der Waals surface area contributed by atoms with Crippen molar-refractivity contribution in [3.05, 3.63) is 28.2 Å². The molecule has 4 heteroatoms. The molecule has 0 radical (unpaired) electrons. The van der Waals surface area contributed by atoms with Crippen LogP contribution in [0.2, 0.25) is 0 Å². The van der Waals surface area contributed by atoms with Crippen molar-refractivity contribution in [1.29, 1.82) is 0 Å². The minimum Gasteiger partial charge on any atom is -0.373 e. The van der Waals surface area contributed by atoms with E-state index in [1.165, 1.54) is 25.1 Å². The quantitative estimate of drug-likeness (QED) is 0.923. The molecule has 19 heavy (non-hydrogen) atoms. The number of likely N-dealkylation sites (N-methyl/N-ethyl adjacent to an activating group) is 2. The van der Waals surface area contributed by atoms with Crippen molar-refractivity contribution < 1.29 is 0 Å². The van der Waals surface area contributed by atoms with Crippen LogP contribution in [0.3, 0.4) is 0 Å². The third-order valence-electron chi connectivity index (χ3n) is 4.07. The predicted octanol–water partition coefficient (Wildman–Crippen LogP) is 3.00. The molecule has 0 spiro atoms. The molecule has 1 aromatic carbocycles. The summed E-state index contributed by atoms with van der Waals surface area (Å²) in [5, 5.41) is 0. The number of halogens is 1. The van der Waals surface area contributed by atoms with E-state index >= 15 is 0 Å². The standard InChI is InChI=1S/C15H24BrN3/c1-11(17)14-7-6-12(9-15(14)16)19(3)10-13-5-4-8-18(13)2/h6-7,9,11,13H,4-5,8,10,17H2,1-3H3/t11-,13?/m0/s1. The van der Waals surface area contributed by atoms with Crippen molar-refractivity contribution in [2.45, 2.75) is 31.8 Å². The van der Waals surface area contributed by atoms with Gasteiger partial charge in [0.05, 0.1) is 0 Å². The van der Waals surface area contributed by atoms with Crippen LogP contribution in [0.1, 0.15) is 31.4 Å². The van der Waals surface area contributed by atoms with Gasteiger partial charge in [0.1, 0.15) is 0 Å². The molecule has 0 aromatic heterocycles. The van der Waals surface area contributed by atoms with Crippen LogP contribution < -0.4 is 10.6 Å². The predicted molar refractivity (Wildman–Crippen MR) is 85.7 cm³/mol. The average molecular weight is 326 g/mol. The lowest BCUT2D eigenvalue weighted by Crippen LogP contribution is -2.36. The first-order chi connectivity index (χ1) is 8.99. The highest BCUT2D eigenvalue weighted by Crippen LogP contribution is 2.27. The molecule has 2 rings (SSSR count). The summed E-state index contributed by atoms with van der Waals surface area (Å²) in [6.45, 7) is 4.32. The maximum Gasteiger partial charge on any atom is 0.0375 e. The Hall–Kier alpha value is -0.580. The van der Waals surface area contributed by atoms with E-state index in [-0.39, 0.29) is 6.04 Å². The molecule has 1 aromatic rings. The molecule has 1 aliphatic rings. The molecule has 1 saturated heterocycles. The first-order valence-corrected chi connectivity index (χ1v) is 7.74.